The number of hydrogen-bond donors (Lipinski definition) is 3. The first-order valence-electron chi connectivity index (χ1n) is 17.1. The van der Waals surface area contributed by atoms with Gasteiger partial charge in [0.25, 0.3) is 0 Å². The predicted octanol–water partition coefficient (Wildman–Crippen LogP) is 6.58. The van der Waals surface area contributed by atoms with Crippen molar-refractivity contribution in [1.29, 1.82) is 0 Å². The standard InChI is InChI=1S/C39H45NO9/c1-39-15-14-23-22-8-7-21(41)17-27(22)32(19-25(23)28(39)10-13-34(39)43)49-38(44)40-29-11-6-20-16-33(46-3)36(47-4)37(48-5)35(20)24-9-12-31(45-2)30(42)18-26(24)29/h7-9,12,16-18,23,25,28-29,32,34,41,43H,6,10-11,13-15,19H2,1-5H3,(H,40,44)/t23?,25?,28?,29?,32-,34+,39+/m1/s1. The lowest BCUT2D eigenvalue weighted by Gasteiger charge is -2.51. The molecule has 10 nitrogen and oxygen atoms in total. The van der Waals surface area contributed by atoms with Gasteiger partial charge in [-0.15, -0.1) is 0 Å². The van der Waals surface area contributed by atoms with E-state index in [1.54, 1.807) is 39.5 Å². The molecule has 4 aliphatic rings. The van der Waals surface area contributed by atoms with Crippen LogP contribution in [0.2, 0.25) is 0 Å². The SMILES string of the molecule is COc1cc2c(c(OC)c1OC)-c1ccc(OC)c(=O)cc1C(NC(=O)O[C@@H]1CC3C(CC[C@@]4(C)C3CC[C@@H]4O)c3ccc(O)cc31)CC2. The molecule has 3 N–H and O–H groups in total. The van der Waals surface area contributed by atoms with Crippen molar-refractivity contribution in [3.8, 4) is 39.9 Å². The minimum atomic E-state index is -0.613. The topological polar surface area (TPSA) is 133 Å². The van der Waals surface area contributed by atoms with Crippen LogP contribution >= 0.6 is 0 Å². The number of alkyl carbamates (subject to hydrolysis) is 1. The summed E-state index contributed by atoms with van der Waals surface area (Å²) >= 11 is 0. The number of hydrogen-bond acceptors (Lipinski definition) is 9. The van der Waals surface area contributed by atoms with Gasteiger partial charge in [0.05, 0.1) is 40.6 Å². The molecule has 10 heteroatoms. The van der Waals surface area contributed by atoms with Crippen LogP contribution in [0.5, 0.6) is 28.7 Å². The summed E-state index contributed by atoms with van der Waals surface area (Å²) in [6, 6.07) is 11.7. The van der Waals surface area contributed by atoms with Crippen molar-refractivity contribution in [2.45, 2.75) is 76.0 Å². The summed E-state index contributed by atoms with van der Waals surface area (Å²) in [6.07, 6.45) is 3.71. The van der Waals surface area contributed by atoms with Crippen LogP contribution in [0.25, 0.3) is 11.1 Å². The van der Waals surface area contributed by atoms with Crippen molar-refractivity contribution in [2.75, 3.05) is 28.4 Å². The van der Waals surface area contributed by atoms with Gasteiger partial charge in [-0.2, -0.15) is 0 Å². The van der Waals surface area contributed by atoms with Gasteiger partial charge in [-0.05, 0) is 126 Å². The lowest BCUT2D eigenvalue weighted by atomic mass is 9.55. The van der Waals surface area contributed by atoms with E-state index in [2.05, 4.69) is 12.2 Å². The van der Waals surface area contributed by atoms with E-state index in [1.165, 1.54) is 13.2 Å². The highest BCUT2D eigenvalue weighted by Gasteiger charge is 2.56. The number of aliphatic hydroxyl groups excluding tert-OH is 1. The number of carbonyl (C=O) groups excluding carboxylic acids is 1. The third-order valence-electron chi connectivity index (χ3n) is 12.0. The van der Waals surface area contributed by atoms with Gasteiger partial charge in [0.2, 0.25) is 11.2 Å². The van der Waals surface area contributed by atoms with Gasteiger partial charge in [-0.3, -0.25) is 4.79 Å². The molecule has 1 amide bonds. The number of aliphatic hydroxyl groups is 1. The van der Waals surface area contributed by atoms with E-state index < -0.39 is 18.2 Å². The number of phenols is 1. The molecule has 0 radical (unpaired) electrons. The van der Waals surface area contributed by atoms with Crippen molar-refractivity contribution in [1.82, 2.24) is 5.32 Å². The summed E-state index contributed by atoms with van der Waals surface area (Å²) in [4.78, 5) is 27.3. The first-order valence-corrected chi connectivity index (χ1v) is 17.1. The van der Waals surface area contributed by atoms with E-state index in [0.29, 0.717) is 53.6 Å². The van der Waals surface area contributed by atoms with Crippen molar-refractivity contribution in [3.63, 3.8) is 0 Å². The van der Waals surface area contributed by atoms with Gasteiger partial charge < -0.3 is 39.2 Å². The van der Waals surface area contributed by atoms with Crippen molar-refractivity contribution in [2.24, 2.45) is 17.3 Å². The fourth-order valence-electron chi connectivity index (χ4n) is 9.56. The Morgan fingerprint density at radius 1 is 0.857 bits per heavy atom. The first-order chi connectivity index (χ1) is 23.6. The molecule has 0 spiro atoms. The zero-order chi connectivity index (χ0) is 34.6. The molecule has 0 heterocycles. The molecular formula is C39H45NO9. The summed E-state index contributed by atoms with van der Waals surface area (Å²) in [5.41, 5.74) is 4.39. The second-order valence-corrected chi connectivity index (χ2v) is 14.2. The molecule has 3 aromatic carbocycles. The predicted molar refractivity (Wildman–Crippen MR) is 183 cm³/mol. The number of aryl methyl sites for hydroxylation is 1. The fourth-order valence-corrected chi connectivity index (χ4v) is 9.56. The van der Waals surface area contributed by atoms with Crippen LogP contribution in [0.3, 0.4) is 0 Å². The quantitative estimate of drug-likeness (QED) is 0.266. The monoisotopic (exact) mass is 671 g/mol. The maximum absolute atomic E-state index is 14.0. The van der Waals surface area contributed by atoms with Crippen LogP contribution < -0.4 is 29.7 Å². The summed E-state index contributed by atoms with van der Waals surface area (Å²) in [5, 5.41) is 24.6. The Morgan fingerprint density at radius 2 is 1.63 bits per heavy atom. The number of benzene rings is 2. The number of aromatic hydroxyl groups is 1. The number of amides is 1. The Bertz CT molecular complexity index is 1840. The van der Waals surface area contributed by atoms with E-state index in [0.717, 1.165) is 47.9 Å². The van der Waals surface area contributed by atoms with Crippen LogP contribution in [-0.2, 0) is 11.2 Å². The minimum absolute atomic E-state index is 0.128. The number of methoxy groups -OCH3 is 4. The highest BCUT2D eigenvalue weighted by Crippen LogP contribution is 2.62. The molecule has 0 aliphatic heterocycles. The zero-order valence-corrected chi connectivity index (χ0v) is 28.7. The van der Waals surface area contributed by atoms with Crippen LogP contribution in [0.4, 0.5) is 4.79 Å². The van der Waals surface area contributed by atoms with Gasteiger partial charge in [0.15, 0.2) is 17.2 Å². The lowest BCUT2D eigenvalue weighted by Crippen LogP contribution is -2.45. The van der Waals surface area contributed by atoms with Gasteiger partial charge >= 0.3 is 6.09 Å². The molecule has 7 atom stereocenters. The third kappa shape index (κ3) is 5.44. The maximum Gasteiger partial charge on any atom is 0.408 e. The Hall–Kier alpha value is -4.44. The van der Waals surface area contributed by atoms with Crippen LogP contribution in [0.15, 0.2) is 47.3 Å². The number of fused-ring (bicyclic) bond motifs is 8. The zero-order valence-electron chi connectivity index (χ0n) is 28.7. The summed E-state index contributed by atoms with van der Waals surface area (Å²) < 4.78 is 28.9. The number of carbonyl (C=O) groups is 1. The second-order valence-electron chi connectivity index (χ2n) is 14.2. The van der Waals surface area contributed by atoms with Crippen LogP contribution in [-0.4, -0.2) is 50.8 Å². The Balaban J connectivity index is 1.24. The molecule has 0 bridgehead atoms. The van der Waals surface area contributed by atoms with Gasteiger partial charge in [0.1, 0.15) is 11.9 Å². The summed E-state index contributed by atoms with van der Waals surface area (Å²) in [6.45, 7) is 2.21. The van der Waals surface area contributed by atoms with Gasteiger partial charge in [-0.1, -0.05) is 19.1 Å². The molecule has 0 saturated heterocycles. The smallest absolute Gasteiger partial charge is 0.408 e. The maximum atomic E-state index is 14.0. The van der Waals surface area contributed by atoms with E-state index in [4.69, 9.17) is 23.7 Å². The van der Waals surface area contributed by atoms with Crippen molar-refractivity contribution >= 4 is 6.09 Å². The van der Waals surface area contributed by atoms with E-state index in [1.807, 2.05) is 18.2 Å². The minimum Gasteiger partial charge on any atom is -0.508 e. The highest BCUT2D eigenvalue weighted by atomic mass is 16.6. The van der Waals surface area contributed by atoms with E-state index >= 15 is 0 Å². The second kappa shape index (κ2) is 12.8. The lowest BCUT2D eigenvalue weighted by molar-refractivity contribution is -0.0394. The van der Waals surface area contributed by atoms with Crippen molar-refractivity contribution in [3.05, 3.63) is 74.9 Å². The summed E-state index contributed by atoms with van der Waals surface area (Å²) in [5.74, 6) is 2.53. The fraction of sp³-hybridized carbons (Fsp3) is 0.487. The van der Waals surface area contributed by atoms with E-state index in [9.17, 15) is 19.8 Å². The molecule has 49 heavy (non-hydrogen) atoms. The van der Waals surface area contributed by atoms with Gasteiger partial charge in [0, 0.05) is 5.56 Å². The Morgan fingerprint density at radius 3 is 2.37 bits per heavy atom. The molecule has 3 aromatic rings. The number of nitrogens with one attached hydrogen (secondary N) is 1. The normalized spacial score (nSPS) is 28.0. The molecule has 7 rings (SSSR count). The average Bonchev–Trinajstić information content (AvgIpc) is 3.21. The third-order valence-corrected chi connectivity index (χ3v) is 12.0. The molecule has 260 valence electrons. The molecular weight excluding hydrogens is 626 g/mol. The van der Waals surface area contributed by atoms with E-state index in [-0.39, 0.29) is 40.3 Å². The Kier molecular flexibility index (Phi) is 8.63. The Labute approximate surface area is 286 Å². The average molecular weight is 672 g/mol. The largest absolute Gasteiger partial charge is 0.508 e. The molecule has 2 saturated carbocycles. The highest BCUT2D eigenvalue weighted by molar-refractivity contribution is 5.83. The molecule has 2 fully saturated rings. The van der Waals surface area contributed by atoms with Gasteiger partial charge in [-0.25, -0.2) is 4.79 Å². The number of rotatable bonds is 6. The number of phenolic OH excluding ortho intramolecular Hbond substituents is 1. The molecule has 4 unspecified atom stereocenters. The molecule has 4 aliphatic carbocycles. The first kappa shape index (κ1) is 33.1. The van der Waals surface area contributed by atoms with Crippen LogP contribution in [0.1, 0.15) is 85.8 Å². The molecule has 0 aromatic heterocycles. The summed E-state index contributed by atoms with van der Waals surface area (Å²) in [7, 11) is 6.12. The van der Waals surface area contributed by atoms with Crippen molar-refractivity contribution < 1.29 is 38.7 Å². The number of ether oxygens (including phenoxy) is 5. The van der Waals surface area contributed by atoms with Crippen LogP contribution in [0, 0.1) is 17.3 Å².